The summed E-state index contributed by atoms with van der Waals surface area (Å²) in [6.45, 7) is 0. The average molecular weight is 324 g/mol. The van der Waals surface area contributed by atoms with Crippen LogP contribution in [0, 0.1) is 5.92 Å². The van der Waals surface area contributed by atoms with Gasteiger partial charge in [-0.1, -0.05) is 30.3 Å². The molecule has 0 aliphatic carbocycles. The van der Waals surface area contributed by atoms with E-state index < -0.39 is 5.92 Å². The van der Waals surface area contributed by atoms with Crippen molar-refractivity contribution in [2.75, 3.05) is 19.5 Å². The molecule has 0 saturated carbocycles. The minimum atomic E-state index is -0.410. The molecule has 1 aliphatic rings. The molecule has 3 rings (SSSR count). The van der Waals surface area contributed by atoms with Gasteiger partial charge in [0, 0.05) is 19.2 Å². The van der Waals surface area contributed by atoms with E-state index in [1.165, 1.54) is 0 Å². The Labute approximate surface area is 141 Å². The lowest BCUT2D eigenvalue weighted by Gasteiger charge is -2.25. The fourth-order valence-electron chi connectivity index (χ4n) is 3.12. The SMILES string of the molecule is COc1ccc(NC(=O)[C@H]2CC(=O)N(C)[C@@H]2c2ccccc2)cc1. The van der Waals surface area contributed by atoms with Crippen molar-refractivity contribution in [3.63, 3.8) is 0 Å². The molecule has 1 aliphatic heterocycles. The highest BCUT2D eigenvalue weighted by molar-refractivity contribution is 5.97. The molecule has 5 nitrogen and oxygen atoms in total. The predicted molar refractivity (Wildman–Crippen MR) is 91.7 cm³/mol. The summed E-state index contributed by atoms with van der Waals surface area (Å²) in [4.78, 5) is 26.5. The zero-order valence-electron chi connectivity index (χ0n) is 13.7. The average Bonchev–Trinajstić information content (AvgIpc) is 2.91. The summed E-state index contributed by atoms with van der Waals surface area (Å²) in [5, 5.41) is 2.90. The minimum absolute atomic E-state index is 0.0151. The van der Waals surface area contributed by atoms with Gasteiger partial charge < -0.3 is 15.0 Å². The number of methoxy groups -OCH3 is 1. The number of nitrogens with one attached hydrogen (secondary N) is 1. The van der Waals surface area contributed by atoms with Crippen molar-refractivity contribution in [1.82, 2.24) is 4.90 Å². The van der Waals surface area contributed by atoms with E-state index in [1.54, 1.807) is 43.3 Å². The molecule has 2 amide bonds. The van der Waals surface area contributed by atoms with Gasteiger partial charge in [-0.3, -0.25) is 9.59 Å². The van der Waals surface area contributed by atoms with Crippen molar-refractivity contribution >= 4 is 17.5 Å². The summed E-state index contributed by atoms with van der Waals surface area (Å²) in [5.41, 5.74) is 1.66. The van der Waals surface area contributed by atoms with Gasteiger partial charge in [-0.2, -0.15) is 0 Å². The van der Waals surface area contributed by atoms with Gasteiger partial charge >= 0.3 is 0 Å². The first-order valence-electron chi connectivity index (χ1n) is 7.85. The zero-order chi connectivity index (χ0) is 17.1. The number of carbonyl (C=O) groups is 2. The quantitative estimate of drug-likeness (QED) is 0.941. The van der Waals surface area contributed by atoms with Crippen LogP contribution in [0.1, 0.15) is 18.0 Å². The van der Waals surface area contributed by atoms with Crippen LogP contribution in [-0.4, -0.2) is 30.9 Å². The monoisotopic (exact) mass is 324 g/mol. The Morgan fingerprint density at radius 2 is 1.79 bits per heavy atom. The summed E-state index contributed by atoms with van der Waals surface area (Å²) in [6.07, 6.45) is 0.220. The molecule has 0 radical (unpaired) electrons. The molecule has 0 spiro atoms. The van der Waals surface area contributed by atoms with Crippen molar-refractivity contribution in [3.8, 4) is 5.75 Å². The lowest BCUT2D eigenvalue weighted by molar-refractivity contribution is -0.127. The molecular formula is C19H20N2O3. The fraction of sp³-hybridized carbons (Fsp3) is 0.263. The Morgan fingerprint density at radius 1 is 1.12 bits per heavy atom. The van der Waals surface area contributed by atoms with E-state index in [0.29, 0.717) is 5.69 Å². The smallest absolute Gasteiger partial charge is 0.230 e. The summed E-state index contributed by atoms with van der Waals surface area (Å²) in [6, 6.07) is 16.6. The number of hydrogen-bond donors (Lipinski definition) is 1. The molecule has 1 fully saturated rings. The van der Waals surface area contributed by atoms with Crippen molar-refractivity contribution in [1.29, 1.82) is 0 Å². The van der Waals surface area contributed by atoms with Gasteiger partial charge in [0.1, 0.15) is 5.75 Å². The van der Waals surface area contributed by atoms with Crippen molar-refractivity contribution in [2.45, 2.75) is 12.5 Å². The Balaban J connectivity index is 1.80. The molecule has 0 aromatic heterocycles. The molecule has 0 unspecified atom stereocenters. The summed E-state index contributed by atoms with van der Waals surface area (Å²) < 4.78 is 5.11. The van der Waals surface area contributed by atoms with Crippen LogP contribution in [0.2, 0.25) is 0 Å². The second-order valence-corrected chi connectivity index (χ2v) is 5.89. The Bertz CT molecular complexity index is 728. The van der Waals surface area contributed by atoms with Crippen molar-refractivity contribution < 1.29 is 14.3 Å². The van der Waals surface area contributed by atoms with Crippen LogP contribution in [0.5, 0.6) is 5.75 Å². The molecule has 124 valence electrons. The van der Waals surface area contributed by atoms with E-state index in [0.717, 1.165) is 11.3 Å². The molecule has 5 heteroatoms. The zero-order valence-corrected chi connectivity index (χ0v) is 13.7. The molecule has 2 atom stereocenters. The maximum absolute atomic E-state index is 12.7. The number of hydrogen-bond acceptors (Lipinski definition) is 3. The number of anilines is 1. The fourth-order valence-corrected chi connectivity index (χ4v) is 3.12. The normalized spacial score (nSPS) is 20.1. The first-order valence-corrected chi connectivity index (χ1v) is 7.85. The minimum Gasteiger partial charge on any atom is -0.497 e. The molecule has 24 heavy (non-hydrogen) atoms. The highest BCUT2D eigenvalue weighted by atomic mass is 16.5. The Hall–Kier alpha value is -2.82. The first-order chi connectivity index (χ1) is 11.6. The van der Waals surface area contributed by atoms with Gasteiger partial charge in [0.2, 0.25) is 11.8 Å². The van der Waals surface area contributed by atoms with Crippen molar-refractivity contribution in [2.24, 2.45) is 5.92 Å². The van der Waals surface area contributed by atoms with Crippen LogP contribution < -0.4 is 10.1 Å². The third-order valence-corrected chi connectivity index (χ3v) is 4.42. The van der Waals surface area contributed by atoms with Gasteiger partial charge in [0.25, 0.3) is 0 Å². The van der Waals surface area contributed by atoms with Crippen LogP contribution in [0.15, 0.2) is 54.6 Å². The summed E-state index contributed by atoms with van der Waals surface area (Å²) in [5.74, 6) is 0.156. The largest absolute Gasteiger partial charge is 0.497 e. The highest BCUT2D eigenvalue weighted by Crippen LogP contribution is 2.37. The van der Waals surface area contributed by atoms with Gasteiger partial charge in [0.15, 0.2) is 0 Å². The number of benzene rings is 2. The number of carbonyl (C=O) groups excluding carboxylic acids is 2. The van der Waals surface area contributed by atoms with Crippen LogP contribution >= 0.6 is 0 Å². The lowest BCUT2D eigenvalue weighted by atomic mass is 9.93. The maximum Gasteiger partial charge on any atom is 0.230 e. The summed E-state index contributed by atoms with van der Waals surface area (Å²) >= 11 is 0. The van der Waals surface area contributed by atoms with E-state index in [-0.39, 0.29) is 24.3 Å². The third-order valence-electron chi connectivity index (χ3n) is 4.42. The van der Waals surface area contributed by atoms with Gasteiger partial charge in [0.05, 0.1) is 19.1 Å². The number of nitrogens with zero attached hydrogens (tertiary/aromatic N) is 1. The Morgan fingerprint density at radius 3 is 2.42 bits per heavy atom. The van der Waals surface area contributed by atoms with E-state index in [1.807, 2.05) is 30.3 Å². The third kappa shape index (κ3) is 3.11. The first kappa shape index (κ1) is 16.1. The van der Waals surface area contributed by atoms with Crippen molar-refractivity contribution in [3.05, 3.63) is 60.2 Å². The number of rotatable bonds is 4. The molecular weight excluding hydrogens is 304 g/mol. The molecule has 1 saturated heterocycles. The molecule has 2 aromatic carbocycles. The number of likely N-dealkylation sites (tertiary alicyclic amines) is 1. The second kappa shape index (κ2) is 6.74. The number of ether oxygens (including phenoxy) is 1. The molecule has 1 N–H and O–H groups in total. The van der Waals surface area contributed by atoms with E-state index in [9.17, 15) is 9.59 Å². The molecule has 1 heterocycles. The van der Waals surface area contributed by atoms with Gasteiger partial charge in [-0.15, -0.1) is 0 Å². The lowest BCUT2D eigenvalue weighted by Crippen LogP contribution is -2.29. The standard InChI is InChI=1S/C19H20N2O3/c1-21-17(22)12-16(18(21)13-6-4-3-5-7-13)19(23)20-14-8-10-15(24-2)11-9-14/h3-11,16,18H,12H2,1-2H3,(H,20,23)/t16-,18+/m0/s1. The second-order valence-electron chi connectivity index (χ2n) is 5.89. The molecule has 0 bridgehead atoms. The van der Waals surface area contributed by atoms with Crippen LogP contribution in [-0.2, 0) is 9.59 Å². The maximum atomic E-state index is 12.7. The van der Waals surface area contributed by atoms with E-state index in [4.69, 9.17) is 4.74 Å². The van der Waals surface area contributed by atoms with Crippen LogP contribution in [0.25, 0.3) is 0 Å². The van der Waals surface area contributed by atoms with Crippen LogP contribution in [0.3, 0.4) is 0 Å². The van der Waals surface area contributed by atoms with Gasteiger partial charge in [-0.25, -0.2) is 0 Å². The number of amides is 2. The predicted octanol–water partition coefficient (Wildman–Crippen LogP) is 2.85. The van der Waals surface area contributed by atoms with Crippen LogP contribution in [0.4, 0.5) is 5.69 Å². The summed E-state index contributed by atoms with van der Waals surface area (Å²) in [7, 11) is 3.35. The van der Waals surface area contributed by atoms with E-state index >= 15 is 0 Å². The van der Waals surface area contributed by atoms with E-state index in [2.05, 4.69) is 5.32 Å². The topological polar surface area (TPSA) is 58.6 Å². The van der Waals surface area contributed by atoms with Gasteiger partial charge in [-0.05, 0) is 29.8 Å². The Kier molecular flexibility index (Phi) is 4.51. The highest BCUT2D eigenvalue weighted by Gasteiger charge is 2.42. The molecule has 2 aromatic rings.